The standard InChI is InChI=1S/C30H39N5O5/c1-3-34-18-19-40-26-13-8-7-12-23(26)28(37)32-25(30(39)35-15-9-14-33(2)16-17-35)21-27(36)31-24(29(34)38)20-22-10-5-4-6-11-22/h4-8,10-13,24-25H,3,9,14-21H2,1-2H3,(H,31,36)(H,32,37)/t24-,25+/m1/s1. The van der Waals surface area contributed by atoms with E-state index in [9.17, 15) is 19.2 Å². The van der Waals surface area contributed by atoms with Gasteiger partial charge in [-0.15, -0.1) is 0 Å². The van der Waals surface area contributed by atoms with Crippen molar-refractivity contribution in [2.24, 2.45) is 0 Å². The van der Waals surface area contributed by atoms with Crippen LogP contribution in [0.1, 0.15) is 35.7 Å². The van der Waals surface area contributed by atoms with Gasteiger partial charge in [-0.1, -0.05) is 42.5 Å². The maximum Gasteiger partial charge on any atom is 0.255 e. The summed E-state index contributed by atoms with van der Waals surface area (Å²) < 4.78 is 5.96. The number of hydrogen-bond donors (Lipinski definition) is 2. The second kappa shape index (κ2) is 13.9. The molecule has 214 valence electrons. The largest absolute Gasteiger partial charge is 0.491 e. The van der Waals surface area contributed by atoms with Crippen LogP contribution in [0, 0.1) is 0 Å². The number of fused-ring (bicyclic) bond motifs is 1. The molecule has 0 aromatic heterocycles. The average molecular weight is 550 g/mol. The fourth-order valence-electron chi connectivity index (χ4n) is 5.10. The molecule has 2 aromatic rings. The Morgan fingerprint density at radius 2 is 1.68 bits per heavy atom. The van der Waals surface area contributed by atoms with Crippen molar-refractivity contribution in [1.82, 2.24) is 25.3 Å². The van der Waals surface area contributed by atoms with Crippen LogP contribution >= 0.6 is 0 Å². The Balaban J connectivity index is 1.64. The number of para-hydroxylation sites is 1. The van der Waals surface area contributed by atoms with Crippen LogP contribution < -0.4 is 15.4 Å². The summed E-state index contributed by atoms with van der Waals surface area (Å²) in [5, 5.41) is 5.68. The number of nitrogens with zero attached hydrogens (tertiary/aromatic N) is 3. The molecule has 0 spiro atoms. The number of hydrogen-bond acceptors (Lipinski definition) is 6. The minimum absolute atomic E-state index is 0.166. The molecule has 2 aliphatic heterocycles. The number of carbonyl (C=O) groups is 4. The maximum absolute atomic E-state index is 13.7. The molecule has 4 rings (SSSR count). The van der Waals surface area contributed by atoms with Crippen LogP contribution in [0.2, 0.25) is 0 Å². The Bertz CT molecular complexity index is 1190. The summed E-state index contributed by atoms with van der Waals surface area (Å²) in [6.07, 6.45) is 0.811. The van der Waals surface area contributed by atoms with Crippen LogP contribution in [0.4, 0.5) is 0 Å². The quantitative estimate of drug-likeness (QED) is 0.595. The predicted molar refractivity (Wildman–Crippen MR) is 151 cm³/mol. The molecule has 10 heteroatoms. The number of amides is 4. The van der Waals surface area contributed by atoms with Crippen molar-refractivity contribution in [1.29, 1.82) is 0 Å². The monoisotopic (exact) mass is 549 g/mol. The topological polar surface area (TPSA) is 111 Å². The third-order valence-corrected chi connectivity index (χ3v) is 7.38. The molecule has 2 heterocycles. The molecule has 1 saturated heterocycles. The van der Waals surface area contributed by atoms with E-state index >= 15 is 0 Å². The summed E-state index contributed by atoms with van der Waals surface area (Å²) in [6.45, 7) is 5.36. The smallest absolute Gasteiger partial charge is 0.255 e. The highest BCUT2D eigenvalue weighted by atomic mass is 16.5. The molecule has 2 N–H and O–H groups in total. The van der Waals surface area contributed by atoms with Gasteiger partial charge < -0.3 is 30.1 Å². The predicted octanol–water partition coefficient (Wildman–Crippen LogP) is 1.31. The van der Waals surface area contributed by atoms with Gasteiger partial charge >= 0.3 is 0 Å². The van der Waals surface area contributed by atoms with Gasteiger partial charge in [-0.05, 0) is 44.6 Å². The van der Waals surface area contributed by atoms with Gasteiger partial charge in [0.1, 0.15) is 24.4 Å². The van der Waals surface area contributed by atoms with Crippen LogP contribution in [0.5, 0.6) is 5.75 Å². The molecule has 0 radical (unpaired) electrons. The van der Waals surface area contributed by atoms with Crippen molar-refractivity contribution in [3.05, 3.63) is 65.7 Å². The van der Waals surface area contributed by atoms with E-state index in [1.54, 1.807) is 34.1 Å². The lowest BCUT2D eigenvalue weighted by Crippen LogP contribution is -2.54. The SMILES string of the molecule is CCN1CCOc2ccccc2C(=O)N[C@H](C(=O)N2CCCN(C)CC2)CC(=O)N[C@H](Cc2ccccc2)C1=O. The van der Waals surface area contributed by atoms with Gasteiger partial charge in [-0.3, -0.25) is 19.2 Å². The van der Waals surface area contributed by atoms with Crippen molar-refractivity contribution >= 4 is 23.6 Å². The second-order valence-electron chi connectivity index (χ2n) is 10.3. The lowest BCUT2D eigenvalue weighted by atomic mass is 10.0. The Hall–Kier alpha value is -3.92. The minimum Gasteiger partial charge on any atom is -0.491 e. The molecular weight excluding hydrogens is 510 g/mol. The van der Waals surface area contributed by atoms with E-state index in [0.717, 1.165) is 18.5 Å². The molecular formula is C30H39N5O5. The van der Waals surface area contributed by atoms with Crippen molar-refractivity contribution in [2.45, 2.75) is 38.3 Å². The van der Waals surface area contributed by atoms with Gasteiger partial charge in [0.25, 0.3) is 5.91 Å². The van der Waals surface area contributed by atoms with Gasteiger partial charge in [0, 0.05) is 32.6 Å². The molecule has 2 atom stereocenters. The minimum atomic E-state index is -1.10. The van der Waals surface area contributed by atoms with Crippen molar-refractivity contribution in [3.63, 3.8) is 0 Å². The van der Waals surface area contributed by atoms with E-state index in [1.165, 1.54) is 0 Å². The van der Waals surface area contributed by atoms with Crippen molar-refractivity contribution in [3.8, 4) is 5.75 Å². The van der Waals surface area contributed by atoms with Gasteiger partial charge in [0.15, 0.2) is 0 Å². The average Bonchev–Trinajstić information content (AvgIpc) is 3.18. The van der Waals surface area contributed by atoms with E-state index in [4.69, 9.17) is 4.74 Å². The van der Waals surface area contributed by atoms with Crippen LogP contribution in [-0.4, -0.2) is 103 Å². The molecule has 1 fully saturated rings. The lowest BCUT2D eigenvalue weighted by molar-refractivity contribution is -0.138. The fourth-order valence-corrected chi connectivity index (χ4v) is 5.10. The first-order valence-electron chi connectivity index (χ1n) is 14.0. The van der Waals surface area contributed by atoms with Gasteiger partial charge in [0.2, 0.25) is 17.7 Å². The third kappa shape index (κ3) is 7.59. The number of likely N-dealkylation sites (N-methyl/N-ethyl adjacent to an activating group) is 2. The number of rotatable bonds is 4. The molecule has 40 heavy (non-hydrogen) atoms. The summed E-state index contributed by atoms with van der Waals surface area (Å²) in [5.41, 5.74) is 1.17. The molecule has 0 aliphatic carbocycles. The van der Waals surface area contributed by atoms with Crippen LogP contribution in [0.15, 0.2) is 54.6 Å². The fraction of sp³-hybridized carbons (Fsp3) is 0.467. The third-order valence-electron chi connectivity index (χ3n) is 7.38. The number of benzene rings is 2. The first-order valence-corrected chi connectivity index (χ1v) is 14.0. The van der Waals surface area contributed by atoms with E-state index in [-0.39, 0.29) is 37.0 Å². The summed E-state index contributed by atoms with van der Waals surface area (Å²) in [4.78, 5) is 59.7. The second-order valence-corrected chi connectivity index (χ2v) is 10.3. The molecule has 2 aromatic carbocycles. The van der Waals surface area contributed by atoms with Gasteiger partial charge in [-0.2, -0.15) is 0 Å². The van der Waals surface area contributed by atoms with Crippen LogP contribution in [0.25, 0.3) is 0 Å². The summed E-state index contributed by atoms with van der Waals surface area (Å²) in [6, 6.07) is 14.3. The Morgan fingerprint density at radius 3 is 2.45 bits per heavy atom. The molecule has 0 bridgehead atoms. The van der Waals surface area contributed by atoms with E-state index < -0.39 is 23.9 Å². The van der Waals surface area contributed by atoms with Crippen LogP contribution in [-0.2, 0) is 20.8 Å². The van der Waals surface area contributed by atoms with Gasteiger partial charge in [0.05, 0.1) is 18.5 Å². The first kappa shape index (κ1) is 29.1. The van der Waals surface area contributed by atoms with E-state index in [1.807, 2.05) is 44.3 Å². The van der Waals surface area contributed by atoms with E-state index in [0.29, 0.717) is 38.3 Å². The number of nitrogens with one attached hydrogen (secondary N) is 2. The highest BCUT2D eigenvalue weighted by Crippen LogP contribution is 2.19. The van der Waals surface area contributed by atoms with Crippen LogP contribution in [0.3, 0.4) is 0 Å². The summed E-state index contributed by atoms with van der Waals surface area (Å²) >= 11 is 0. The number of ether oxygens (including phenoxy) is 1. The number of carbonyl (C=O) groups excluding carboxylic acids is 4. The molecule has 2 aliphatic rings. The van der Waals surface area contributed by atoms with Crippen molar-refractivity contribution in [2.75, 3.05) is 52.9 Å². The normalized spacial score (nSPS) is 21.8. The molecule has 10 nitrogen and oxygen atoms in total. The Morgan fingerprint density at radius 1 is 0.925 bits per heavy atom. The highest BCUT2D eigenvalue weighted by molar-refractivity contribution is 6.01. The summed E-state index contributed by atoms with van der Waals surface area (Å²) in [7, 11) is 2.01. The Kier molecular flexibility index (Phi) is 10.1. The maximum atomic E-state index is 13.7. The molecule has 0 saturated carbocycles. The zero-order valence-electron chi connectivity index (χ0n) is 23.3. The molecule has 4 amide bonds. The zero-order chi connectivity index (χ0) is 28.5. The Labute approximate surface area is 235 Å². The zero-order valence-corrected chi connectivity index (χ0v) is 23.3. The van der Waals surface area contributed by atoms with Gasteiger partial charge in [-0.25, -0.2) is 0 Å². The summed E-state index contributed by atoms with van der Waals surface area (Å²) in [5.74, 6) is -1.15. The van der Waals surface area contributed by atoms with Crippen molar-refractivity contribution < 1.29 is 23.9 Å². The molecule has 0 unspecified atom stereocenters. The van der Waals surface area contributed by atoms with E-state index in [2.05, 4.69) is 15.5 Å². The highest BCUT2D eigenvalue weighted by Gasteiger charge is 2.33. The lowest BCUT2D eigenvalue weighted by Gasteiger charge is -2.30. The first-order chi connectivity index (χ1) is 19.4.